The van der Waals surface area contributed by atoms with Crippen LogP contribution < -0.4 is 11.3 Å². The van der Waals surface area contributed by atoms with E-state index in [9.17, 15) is 0 Å². The first-order chi connectivity index (χ1) is 8.40. The fourth-order valence-electron chi connectivity index (χ4n) is 2.12. The molecule has 3 N–H and O–H groups in total. The van der Waals surface area contributed by atoms with Crippen LogP contribution in [0.3, 0.4) is 0 Å². The highest BCUT2D eigenvalue weighted by atomic mass is 16.5. The van der Waals surface area contributed by atoms with Crippen LogP contribution in [0.5, 0.6) is 0 Å². The van der Waals surface area contributed by atoms with Crippen molar-refractivity contribution in [2.75, 3.05) is 40.4 Å². The number of hydrogen-bond acceptors (Lipinski definition) is 4. The van der Waals surface area contributed by atoms with Gasteiger partial charge in [0.25, 0.3) is 0 Å². The average Bonchev–Trinajstić information content (AvgIpc) is 2.30. The van der Waals surface area contributed by atoms with E-state index in [0.717, 1.165) is 25.6 Å². The number of rotatable bonds is 3. The summed E-state index contributed by atoms with van der Waals surface area (Å²) >= 11 is 0. The number of likely N-dealkylation sites (N-methyl/N-ethyl adjacent to an activating group) is 1. The molecular formula is C12H27N5O. The van der Waals surface area contributed by atoms with Crippen molar-refractivity contribution in [2.45, 2.75) is 32.4 Å². The zero-order chi connectivity index (χ0) is 13.8. The summed E-state index contributed by atoms with van der Waals surface area (Å²) in [6, 6.07) is 0.101. The van der Waals surface area contributed by atoms with Gasteiger partial charge in [-0.25, -0.2) is 10.8 Å². The Morgan fingerprint density at radius 1 is 1.50 bits per heavy atom. The van der Waals surface area contributed by atoms with Gasteiger partial charge in [-0.1, -0.05) is 0 Å². The van der Waals surface area contributed by atoms with Gasteiger partial charge in [-0.2, -0.15) is 0 Å². The minimum atomic E-state index is 0.101. The Hall–Kier alpha value is -0.850. The Bertz CT molecular complexity index is 292. The Kier molecular flexibility index (Phi) is 5.37. The van der Waals surface area contributed by atoms with Crippen molar-refractivity contribution in [3.05, 3.63) is 0 Å². The second kappa shape index (κ2) is 6.36. The van der Waals surface area contributed by atoms with Crippen LogP contribution in [0, 0.1) is 0 Å². The van der Waals surface area contributed by atoms with Gasteiger partial charge in [-0.3, -0.25) is 10.3 Å². The topological polar surface area (TPSA) is 66.1 Å². The fraction of sp³-hybridized carbons (Fsp3) is 0.917. The molecule has 1 rings (SSSR count). The summed E-state index contributed by atoms with van der Waals surface area (Å²) in [5.41, 5.74) is 2.84. The second-order valence-electron chi connectivity index (χ2n) is 5.56. The minimum absolute atomic E-state index is 0.101. The van der Waals surface area contributed by atoms with Crippen molar-refractivity contribution in [3.63, 3.8) is 0 Å². The van der Waals surface area contributed by atoms with Gasteiger partial charge in [0.1, 0.15) is 0 Å². The van der Waals surface area contributed by atoms with E-state index in [0.29, 0.717) is 6.61 Å². The molecule has 1 fully saturated rings. The number of hydrogen-bond donors (Lipinski definition) is 2. The van der Waals surface area contributed by atoms with Crippen LogP contribution in [0.15, 0.2) is 4.99 Å². The van der Waals surface area contributed by atoms with E-state index in [4.69, 9.17) is 10.6 Å². The largest absolute Gasteiger partial charge is 0.382 e. The first-order valence-corrected chi connectivity index (χ1v) is 6.40. The first kappa shape index (κ1) is 15.2. The highest BCUT2D eigenvalue weighted by Gasteiger charge is 2.32. The SMILES string of the molecule is COCC(C)N=C(NN)N1CCN(C)C(C)(C)C1. The van der Waals surface area contributed by atoms with Crippen molar-refractivity contribution < 1.29 is 4.74 Å². The molecule has 1 atom stereocenters. The quantitative estimate of drug-likeness (QED) is 0.319. The molecule has 0 aromatic rings. The van der Waals surface area contributed by atoms with Crippen LogP contribution in [0.2, 0.25) is 0 Å². The van der Waals surface area contributed by atoms with E-state index in [-0.39, 0.29) is 11.6 Å². The van der Waals surface area contributed by atoms with E-state index in [1.807, 2.05) is 6.92 Å². The van der Waals surface area contributed by atoms with Crippen molar-refractivity contribution in [1.29, 1.82) is 0 Å². The molecule has 0 aromatic carbocycles. The number of methoxy groups -OCH3 is 1. The molecule has 0 amide bonds. The van der Waals surface area contributed by atoms with E-state index in [1.165, 1.54) is 0 Å². The van der Waals surface area contributed by atoms with Crippen LogP contribution in [-0.2, 0) is 4.74 Å². The summed E-state index contributed by atoms with van der Waals surface area (Å²) in [6.07, 6.45) is 0. The molecule has 1 aliphatic heterocycles. The summed E-state index contributed by atoms with van der Waals surface area (Å²) in [7, 11) is 3.83. The molecule has 6 heteroatoms. The summed E-state index contributed by atoms with van der Waals surface area (Å²) in [6.45, 7) is 9.92. The average molecular weight is 257 g/mol. The number of ether oxygens (including phenoxy) is 1. The molecule has 18 heavy (non-hydrogen) atoms. The molecule has 6 nitrogen and oxygen atoms in total. The number of nitrogens with two attached hydrogens (primary N) is 1. The Morgan fingerprint density at radius 2 is 2.17 bits per heavy atom. The Morgan fingerprint density at radius 3 is 2.67 bits per heavy atom. The van der Waals surface area contributed by atoms with Crippen molar-refractivity contribution in [2.24, 2.45) is 10.8 Å². The van der Waals surface area contributed by atoms with Gasteiger partial charge >= 0.3 is 0 Å². The molecule has 106 valence electrons. The molecule has 1 aliphatic rings. The third-order valence-electron chi connectivity index (χ3n) is 3.50. The Labute approximate surface area is 110 Å². The predicted octanol–water partition coefficient (Wildman–Crippen LogP) is -0.133. The lowest BCUT2D eigenvalue weighted by molar-refractivity contribution is 0.0722. The molecule has 0 bridgehead atoms. The lowest BCUT2D eigenvalue weighted by atomic mass is 10.00. The molecule has 0 aliphatic carbocycles. The molecule has 1 saturated heterocycles. The first-order valence-electron chi connectivity index (χ1n) is 6.40. The van der Waals surface area contributed by atoms with Gasteiger partial charge in [0, 0.05) is 32.3 Å². The van der Waals surface area contributed by atoms with Crippen molar-refractivity contribution >= 4 is 5.96 Å². The highest BCUT2D eigenvalue weighted by molar-refractivity contribution is 5.79. The molecule has 0 radical (unpaired) electrons. The van der Waals surface area contributed by atoms with Gasteiger partial charge in [0.15, 0.2) is 0 Å². The van der Waals surface area contributed by atoms with E-state index in [1.54, 1.807) is 7.11 Å². The molecule has 0 saturated carbocycles. The molecular weight excluding hydrogens is 230 g/mol. The zero-order valence-corrected chi connectivity index (χ0v) is 12.2. The molecule has 1 unspecified atom stereocenters. The van der Waals surface area contributed by atoms with Gasteiger partial charge < -0.3 is 9.64 Å². The maximum Gasteiger partial charge on any atom is 0.208 e. The predicted molar refractivity (Wildman–Crippen MR) is 74.4 cm³/mol. The Balaban J connectivity index is 2.72. The van der Waals surface area contributed by atoms with Crippen molar-refractivity contribution in [3.8, 4) is 0 Å². The van der Waals surface area contributed by atoms with E-state index >= 15 is 0 Å². The third-order valence-corrected chi connectivity index (χ3v) is 3.50. The standard InChI is InChI=1S/C12H27N5O/c1-10(8-18-5)14-11(15-13)17-7-6-16(4)12(2,3)9-17/h10H,6-9,13H2,1-5H3,(H,14,15). The van der Waals surface area contributed by atoms with Crippen LogP contribution in [0.25, 0.3) is 0 Å². The summed E-state index contributed by atoms with van der Waals surface area (Å²) in [4.78, 5) is 9.12. The zero-order valence-electron chi connectivity index (χ0n) is 12.2. The lowest BCUT2D eigenvalue weighted by Crippen LogP contribution is -2.61. The van der Waals surface area contributed by atoms with Gasteiger partial charge in [0.2, 0.25) is 5.96 Å². The highest BCUT2D eigenvalue weighted by Crippen LogP contribution is 2.18. The van der Waals surface area contributed by atoms with Crippen LogP contribution in [-0.4, -0.2) is 67.7 Å². The van der Waals surface area contributed by atoms with E-state index < -0.39 is 0 Å². The summed E-state index contributed by atoms with van der Waals surface area (Å²) in [5, 5.41) is 0. The van der Waals surface area contributed by atoms with Gasteiger partial charge in [-0.15, -0.1) is 0 Å². The third kappa shape index (κ3) is 3.83. The van der Waals surface area contributed by atoms with Crippen LogP contribution in [0.1, 0.15) is 20.8 Å². The van der Waals surface area contributed by atoms with Gasteiger partial charge in [0.05, 0.1) is 12.6 Å². The smallest absolute Gasteiger partial charge is 0.208 e. The number of piperazine rings is 1. The van der Waals surface area contributed by atoms with Crippen LogP contribution >= 0.6 is 0 Å². The van der Waals surface area contributed by atoms with Gasteiger partial charge in [-0.05, 0) is 27.8 Å². The minimum Gasteiger partial charge on any atom is -0.382 e. The number of guanidine groups is 1. The number of aliphatic imine (C=N–C) groups is 1. The molecule has 0 spiro atoms. The van der Waals surface area contributed by atoms with Crippen molar-refractivity contribution in [1.82, 2.24) is 15.2 Å². The molecule has 0 aromatic heterocycles. The maximum absolute atomic E-state index is 5.59. The van der Waals surface area contributed by atoms with Crippen LogP contribution in [0.4, 0.5) is 0 Å². The van der Waals surface area contributed by atoms with E-state index in [2.05, 4.69) is 41.1 Å². The lowest BCUT2D eigenvalue weighted by Gasteiger charge is -2.46. The number of nitrogens with zero attached hydrogens (tertiary/aromatic N) is 3. The summed E-state index contributed by atoms with van der Waals surface area (Å²) in [5.74, 6) is 6.35. The number of nitrogens with one attached hydrogen (secondary N) is 1. The number of hydrazine groups is 1. The molecule has 1 heterocycles. The second-order valence-corrected chi connectivity index (χ2v) is 5.56. The fourth-order valence-corrected chi connectivity index (χ4v) is 2.12. The maximum atomic E-state index is 5.59. The monoisotopic (exact) mass is 257 g/mol. The normalized spacial score (nSPS) is 23.0. The summed E-state index contributed by atoms with van der Waals surface area (Å²) < 4.78 is 5.09.